The van der Waals surface area contributed by atoms with Crippen molar-refractivity contribution in [2.24, 2.45) is 0 Å². The monoisotopic (exact) mass is 244 g/mol. The predicted octanol–water partition coefficient (Wildman–Crippen LogP) is 3.21. The van der Waals surface area contributed by atoms with E-state index in [1.54, 1.807) is 12.1 Å². The number of aromatic nitrogens is 1. The third kappa shape index (κ3) is 3.72. The molecule has 0 bridgehead atoms. The number of pyridine rings is 1. The summed E-state index contributed by atoms with van der Waals surface area (Å²) >= 11 is 7.19. The predicted molar refractivity (Wildman–Crippen MR) is 65.4 cm³/mol. The largest absolute Gasteiger partial charge is 0.475 e. The van der Waals surface area contributed by atoms with Crippen molar-refractivity contribution in [2.45, 2.75) is 20.0 Å². The first kappa shape index (κ1) is 12.3. The molecule has 0 unspecified atom stereocenters. The molecule has 3 nitrogen and oxygen atoms in total. The standard InChI is InChI=1S/C10H13ClN2OS/c1-6(2)14-9-5-7(10(12)15-3)4-8(11)13-9/h4-6,12H,1-3H3. The minimum Gasteiger partial charge on any atom is -0.475 e. The molecule has 0 spiro atoms. The van der Waals surface area contributed by atoms with Crippen molar-refractivity contribution < 1.29 is 4.74 Å². The van der Waals surface area contributed by atoms with Gasteiger partial charge in [0.1, 0.15) is 5.15 Å². The Morgan fingerprint density at radius 2 is 2.20 bits per heavy atom. The van der Waals surface area contributed by atoms with Crippen molar-refractivity contribution in [1.29, 1.82) is 5.41 Å². The van der Waals surface area contributed by atoms with Crippen molar-refractivity contribution in [3.8, 4) is 5.88 Å². The molecular weight excluding hydrogens is 232 g/mol. The Hall–Kier alpha value is -0.740. The van der Waals surface area contributed by atoms with Gasteiger partial charge in [0.15, 0.2) is 0 Å². The first-order valence-electron chi connectivity index (χ1n) is 4.50. The van der Waals surface area contributed by atoms with Crippen LogP contribution in [0.1, 0.15) is 19.4 Å². The van der Waals surface area contributed by atoms with Gasteiger partial charge in [0, 0.05) is 11.6 Å². The summed E-state index contributed by atoms with van der Waals surface area (Å²) in [7, 11) is 0. The van der Waals surface area contributed by atoms with Gasteiger partial charge in [-0.15, -0.1) is 11.8 Å². The Morgan fingerprint density at radius 3 is 2.73 bits per heavy atom. The van der Waals surface area contributed by atoms with E-state index < -0.39 is 0 Å². The van der Waals surface area contributed by atoms with Crippen molar-refractivity contribution in [3.63, 3.8) is 0 Å². The summed E-state index contributed by atoms with van der Waals surface area (Å²) in [6.45, 7) is 3.84. The summed E-state index contributed by atoms with van der Waals surface area (Å²) in [6.07, 6.45) is 1.90. The first-order chi connectivity index (χ1) is 7.02. The smallest absolute Gasteiger partial charge is 0.215 e. The second-order valence-electron chi connectivity index (χ2n) is 3.22. The van der Waals surface area contributed by atoms with Crippen molar-refractivity contribution in [1.82, 2.24) is 4.98 Å². The summed E-state index contributed by atoms with van der Waals surface area (Å²) in [6, 6.07) is 3.39. The van der Waals surface area contributed by atoms with E-state index in [0.717, 1.165) is 5.56 Å². The highest BCUT2D eigenvalue weighted by Gasteiger charge is 2.07. The number of nitrogens with zero attached hydrogens (tertiary/aromatic N) is 1. The van der Waals surface area contributed by atoms with Crippen LogP contribution in [0.2, 0.25) is 5.15 Å². The number of nitrogens with one attached hydrogen (secondary N) is 1. The maximum Gasteiger partial charge on any atom is 0.215 e. The molecule has 0 aliphatic heterocycles. The van der Waals surface area contributed by atoms with Gasteiger partial charge in [0.2, 0.25) is 5.88 Å². The molecule has 1 heterocycles. The van der Waals surface area contributed by atoms with E-state index in [9.17, 15) is 0 Å². The second-order valence-corrected chi connectivity index (χ2v) is 4.42. The van der Waals surface area contributed by atoms with Crippen LogP contribution < -0.4 is 4.74 Å². The Labute approximate surface area is 98.7 Å². The number of rotatable bonds is 3. The highest BCUT2D eigenvalue weighted by Crippen LogP contribution is 2.20. The van der Waals surface area contributed by atoms with E-state index in [0.29, 0.717) is 16.1 Å². The molecule has 0 radical (unpaired) electrons. The van der Waals surface area contributed by atoms with Gasteiger partial charge in [-0.25, -0.2) is 4.98 Å². The topological polar surface area (TPSA) is 46.0 Å². The lowest BCUT2D eigenvalue weighted by molar-refractivity contribution is 0.232. The quantitative estimate of drug-likeness (QED) is 0.505. The first-order valence-corrected chi connectivity index (χ1v) is 6.10. The van der Waals surface area contributed by atoms with Gasteiger partial charge in [-0.05, 0) is 26.2 Å². The third-order valence-electron chi connectivity index (χ3n) is 1.59. The normalized spacial score (nSPS) is 10.5. The Balaban J connectivity index is 2.99. The third-order valence-corrected chi connectivity index (χ3v) is 2.43. The van der Waals surface area contributed by atoms with Gasteiger partial charge < -0.3 is 4.74 Å². The summed E-state index contributed by atoms with van der Waals surface area (Å²) in [4.78, 5) is 4.03. The summed E-state index contributed by atoms with van der Waals surface area (Å²) in [5, 5.41) is 8.48. The fourth-order valence-corrected chi connectivity index (χ4v) is 1.58. The minimum atomic E-state index is 0.0484. The van der Waals surface area contributed by atoms with Crippen LogP contribution in [-0.4, -0.2) is 22.4 Å². The molecule has 0 atom stereocenters. The average molecular weight is 245 g/mol. The number of halogens is 1. The van der Waals surface area contributed by atoms with E-state index in [4.69, 9.17) is 21.7 Å². The van der Waals surface area contributed by atoms with Crippen LogP contribution in [0.25, 0.3) is 0 Å². The average Bonchev–Trinajstić information content (AvgIpc) is 2.14. The van der Waals surface area contributed by atoms with Crippen LogP contribution in [0.5, 0.6) is 5.88 Å². The van der Waals surface area contributed by atoms with Gasteiger partial charge in [-0.3, -0.25) is 5.41 Å². The van der Waals surface area contributed by atoms with Gasteiger partial charge in [0.25, 0.3) is 0 Å². The molecule has 5 heteroatoms. The zero-order chi connectivity index (χ0) is 11.4. The SMILES string of the molecule is CSC(=N)c1cc(Cl)nc(OC(C)C)c1. The Morgan fingerprint density at radius 1 is 1.53 bits per heavy atom. The van der Waals surface area contributed by atoms with Gasteiger partial charge in [0.05, 0.1) is 11.1 Å². The fraction of sp³-hybridized carbons (Fsp3) is 0.400. The molecule has 1 aromatic heterocycles. The lowest BCUT2D eigenvalue weighted by Crippen LogP contribution is -2.08. The van der Waals surface area contributed by atoms with Crippen LogP contribution in [0, 0.1) is 5.41 Å². The van der Waals surface area contributed by atoms with E-state index in [-0.39, 0.29) is 6.10 Å². The molecule has 0 aromatic carbocycles. The molecule has 0 saturated carbocycles. The molecule has 1 aromatic rings. The molecule has 0 aliphatic carbocycles. The van der Waals surface area contributed by atoms with Crippen LogP contribution in [0.3, 0.4) is 0 Å². The highest BCUT2D eigenvalue weighted by atomic mass is 35.5. The van der Waals surface area contributed by atoms with Gasteiger partial charge in [-0.2, -0.15) is 0 Å². The fourth-order valence-electron chi connectivity index (χ4n) is 1.02. The van der Waals surface area contributed by atoms with Crippen molar-refractivity contribution in [2.75, 3.05) is 6.26 Å². The number of ether oxygens (including phenoxy) is 1. The van der Waals surface area contributed by atoms with E-state index in [2.05, 4.69) is 4.98 Å². The molecule has 0 aliphatic rings. The lowest BCUT2D eigenvalue weighted by Gasteiger charge is -2.10. The maximum absolute atomic E-state index is 7.68. The van der Waals surface area contributed by atoms with Gasteiger partial charge >= 0.3 is 0 Å². The van der Waals surface area contributed by atoms with Crippen molar-refractivity contribution >= 4 is 28.4 Å². The summed E-state index contributed by atoms with van der Waals surface area (Å²) < 4.78 is 5.43. The molecule has 1 N–H and O–H groups in total. The number of hydrogen-bond acceptors (Lipinski definition) is 4. The maximum atomic E-state index is 7.68. The molecule has 0 amide bonds. The van der Waals surface area contributed by atoms with Gasteiger partial charge in [-0.1, -0.05) is 11.6 Å². The second kappa shape index (κ2) is 5.37. The van der Waals surface area contributed by atoms with Crippen LogP contribution >= 0.6 is 23.4 Å². The summed E-state index contributed by atoms with van der Waals surface area (Å²) in [5.74, 6) is 0.464. The Bertz CT molecular complexity index is 368. The molecule has 82 valence electrons. The zero-order valence-electron chi connectivity index (χ0n) is 8.87. The van der Waals surface area contributed by atoms with Crippen LogP contribution in [0.4, 0.5) is 0 Å². The molecule has 15 heavy (non-hydrogen) atoms. The molecule has 1 rings (SSSR count). The summed E-state index contributed by atoms with van der Waals surface area (Å²) in [5.41, 5.74) is 0.734. The number of thioether (sulfide) groups is 1. The minimum absolute atomic E-state index is 0.0484. The Kier molecular flexibility index (Phi) is 4.42. The molecule has 0 fully saturated rings. The molecule has 0 saturated heterocycles. The van der Waals surface area contributed by atoms with Crippen LogP contribution in [0.15, 0.2) is 12.1 Å². The zero-order valence-corrected chi connectivity index (χ0v) is 10.4. The van der Waals surface area contributed by atoms with Crippen LogP contribution in [-0.2, 0) is 0 Å². The van der Waals surface area contributed by atoms with E-state index in [1.165, 1.54) is 11.8 Å². The molecular formula is C10H13ClN2OS. The number of hydrogen-bond donors (Lipinski definition) is 1. The van der Waals surface area contributed by atoms with Crippen molar-refractivity contribution in [3.05, 3.63) is 22.8 Å². The van der Waals surface area contributed by atoms with E-state index in [1.807, 2.05) is 20.1 Å². The van der Waals surface area contributed by atoms with E-state index >= 15 is 0 Å². The highest BCUT2D eigenvalue weighted by molar-refractivity contribution is 8.13. The lowest BCUT2D eigenvalue weighted by atomic mass is 10.3.